The summed E-state index contributed by atoms with van der Waals surface area (Å²) in [5, 5.41) is 3.40. The van der Waals surface area contributed by atoms with Crippen LogP contribution in [-0.2, 0) is 22.6 Å². The molecule has 0 aromatic carbocycles. The van der Waals surface area contributed by atoms with Crippen LogP contribution in [0.4, 0.5) is 0 Å². The van der Waals surface area contributed by atoms with Gasteiger partial charge in [-0.05, 0) is 31.0 Å². The van der Waals surface area contributed by atoms with Crippen molar-refractivity contribution < 1.29 is 9.47 Å². The molecule has 4 heteroatoms. The summed E-state index contributed by atoms with van der Waals surface area (Å²) in [6.45, 7) is 8.35. The molecule has 1 aromatic heterocycles. The Bertz CT molecular complexity index is 376. The maximum atomic E-state index is 5.78. The van der Waals surface area contributed by atoms with E-state index in [0.717, 1.165) is 44.1 Å². The molecule has 1 aliphatic heterocycles. The molecule has 0 bridgehead atoms. The molecular weight excluding hydrogens is 240 g/mol. The van der Waals surface area contributed by atoms with E-state index in [1.165, 1.54) is 0 Å². The first-order valence-electron chi connectivity index (χ1n) is 7.09. The van der Waals surface area contributed by atoms with Crippen molar-refractivity contribution in [1.29, 1.82) is 0 Å². The third-order valence-electron chi connectivity index (χ3n) is 3.08. The average molecular weight is 264 g/mol. The van der Waals surface area contributed by atoms with E-state index in [1.807, 2.05) is 12.1 Å². The molecule has 1 saturated heterocycles. The zero-order valence-corrected chi connectivity index (χ0v) is 11.9. The molecule has 2 rings (SSSR count). The summed E-state index contributed by atoms with van der Waals surface area (Å²) < 4.78 is 11.1. The van der Waals surface area contributed by atoms with Crippen LogP contribution in [0.3, 0.4) is 0 Å². The molecule has 1 aliphatic rings. The van der Waals surface area contributed by atoms with Crippen molar-refractivity contribution in [2.45, 2.75) is 39.5 Å². The quantitative estimate of drug-likeness (QED) is 0.819. The first kappa shape index (κ1) is 14.4. The van der Waals surface area contributed by atoms with Gasteiger partial charge in [-0.1, -0.05) is 19.9 Å². The molecule has 0 spiro atoms. The van der Waals surface area contributed by atoms with Gasteiger partial charge in [0, 0.05) is 13.2 Å². The maximum Gasteiger partial charge on any atom is 0.0892 e. The van der Waals surface area contributed by atoms with Gasteiger partial charge < -0.3 is 14.8 Å². The summed E-state index contributed by atoms with van der Waals surface area (Å²) >= 11 is 0. The molecule has 1 aromatic rings. The smallest absolute Gasteiger partial charge is 0.0892 e. The Labute approximate surface area is 115 Å². The minimum absolute atomic E-state index is 0.240. The monoisotopic (exact) mass is 264 g/mol. The Morgan fingerprint density at radius 1 is 1.42 bits per heavy atom. The second kappa shape index (κ2) is 7.58. The summed E-state index contributed by atoms with van der Waals surface area (Å²) in [7, 11) is 0. The van der Waals surface area contributed by atoms with Crippen molar-refractivity contribution in [1.82, 2.24) is 10.3 Å². The Morgan fingerprint density at radius 3 is 3.00 bits per heavy atom. The van der Waals surface area contributed by atoms with Crippen LogP contribution in [0.5, 0.6) is 0 Å². The van der Waals surface area contributed by atoms with Gasteiger partial charge in [-0.15, -0.1) is 0 Å². The van der Waals surface area contributed by atoms with E-state index >= 15 is 0 Å². The van der Waals surface area contributed by atoms with Gasteiger partial charge in [-0.3, -0.25) is 4.98 Å². The first-order chi connectivity index (χ1) is 9.24. The van der Waals surface area contributed by atoms with Crippen LogP contribution in [0.15, 0.2) is 18.2 Å². The minimum atomic E-state index is 0.240. The van der Waals surface area contributed by atoms with Crippen molar-refractivity contribution in [3.05, 3.63) is 29.6 Å². The lowest BCUT2D eigenvalue weighted by molar-refractivity contribution is 0.0301. The highest BCUT2D eigenvalue weighted by molar-refractivity contribution is 5.10. The van der Waals surface area contributed by atoms with E-state index in [4.69, 9.17) is 9.47 Å². The van der Waals surface area contributed by atoms with E-state index in [9.17, 15) is 0 Å². The van der Waals surface area contributed by atoms with E-state index in [0.29, 0.717) is 12.5 Å². The van der Waals surface area contributed by atoms with Crippen LogP contribution >= 0.6 is 0 Å². The van der Waals surface area contributed by atoms with Crippen LogP contribution < -0.4 is 5.32 Å². The second-order valence-electron chi connectivity index (χ2n) is 5.44. The van der Waals surface area contributed by atoms with Crippen molar-refractivity contribution in [3.63, 3.8) is 0 Å². The highest BCUT2D eigenvalue weighted by Crippen LogP contribution is 2.11. The Kier molecular flexibility index (Phi) is 5.76. The normalized spacial score (nSPS) is 19.2. The van der Waals surface area contributed by atoms with Crippen molar-refractivity contribution in [2.75, 3.05) is 19.8 Å². The predicted molar refractivity (Wildman–Crippen MR) is 74.8 cm³/mol. The highest BCUT2D eigenvalue weighted by atomic mass is 16.5. The van der Waals surface area contributed by atoms with Crippen molar-refractivity contribution in [2.24, 2.45) is 5.92 Å². The third-order valence-corrected chi connectivity index (χ3v) is 3.08. The predicted octanol–water partition coefficient (Wildman–Crippen LogP) is 2.13. The van der Waals surface area contributed by atoms with Crippen LogP contribution in [0.1, 0.15) is 31.7 Å². The lowest BCUT2D eigenvalue weighted by Crippen LogP contribution is -2.20. The maximum absolute atomic E-state index is 5.78. The van der Waals surface area contributed by atoms with Crippen LogP contribution in [-0.4, -0.2) is 30.8 Å². The zero-order valence-electron chi connectivity index (χ0n) is 11.9. The molecular formula is C15H24N2O2. The van der Waals surface area contributed by atoms with Crippen LogP contribution in [0, 0.1) is 5.92 Å². The second-order valence-corrected chi connectivity index (χ2v) is 5.44. The largest absolute Gasteiger partial charge is 0.379 e. The molecule has 4 nitrogen and oxygen atoms in total. The molecule has 2 heterocycles. The fraction of sp³-hybridized carbons (Fsp3) is 0.667. The van der Waals surface area contributed by atoms with Gasteiger partial charge in [0.1, 0.15) is 0 Å². The number of rotatable bonds is 7. The molecule has 0 amide bonds. The number of ether oxygens (including phenoxy) is 2. The lowest BCUT2D eigenvalue weighted by atomic mass is 10.2. The van der Waals surface area contributed by atoms with Gasteiger partial charge >= 0.3 is 0 Å². The first-order valence-corrected chi connectivity index (χ1v) is 7.09. The molecule has 1 fully saturated rings. The standard InChI is InChI=1S/C15H24N2O2/c1-12(2)8-16-9-13-4-3-5-14(17-13)10-19-15-6-7-18-11-15/h3-5,12,15-16H,6-11H2,1-2H3. The van der Waals surface area contributed by atoms with E-state index in [2.05, 4.69) is 30.2 Å². The Morgan fingerprint density at radius 2 is 2.26 bits per heavy atom. The number of nitrogens with one attached hydrogen (secondary N) is 1. The van der Waals surface area contributed by atoms with Gasteiger partial charge in [0.2, 0.25) is 0 Å². The SMILES string of the molecule is CC(C)CNCc1cccc(COC2CCOC2)n1. The molecule has 1 atom stereocenters. The Hall–Kier alpha value is -0.970. The van der Waals surface area contributed by atoms with E-state index in [-0.39, 0.29) is 6.10 Å². The van der Waals surface area contributed by atoms with Gasteiger partial charge in [-0.2, -0.15) is 0 Å². The van der Waals surface area contributed by atoms with E-state index < -0.39 is 0 Å². The van der Waals surface area contributed by atoms with E-state index in [1.54, 1.807) is 0 Å². The number of hydrogen-bond donors (Lipinski definition) is 1. The van der Waals surface area contributed by atoms with Crippen LogP contribution in [0.2, 0.25) is 0 Å². The summed E-state index contributed by atoms with van der Waals surface area (Å²) in [5.74, 6) is 0.661. The zero-order chi connectivity index (χ0) is 13.5. The summed E-state index contributed by atoms with van der Waals surface area (Å²) in [4.78, 5) is 4.60. The van der Waals surface area contributed by atoms with Gasteiger partial charge in [0.15, 0.2) is 0 Å². The third kappa shape index (κ3) is 5.27. The fourth-order valence-electron chi connectivity index (χ4n) is 2.04. The highest BCUT2D eigenvalue weighted by Gasteiger charge is 2.16. The molecule has 1 unspecified atom stereocenters. The van der Waals surface area contributed by atoms with Gasteiger partial charge in [-0.25, -0.2) is 0 Å². The lowest BCUT2D eigenvalue weighted by Gasteiger charge is -2.11. The molecule has 1 N–H and O–H groups in total. The molecule has 0 aliphatic carbocycles. The summed E-state index contributed by atoms with van der Waals surface area (Å²) in [5.41, 5.74) is 2.07. The Balaban J connectivity index is 1.77. The average Bonchev–Trinajstić information content (AvgIpc) is 2.89. The topological polar surface area (TPSA) is 43.4 Å². The van der Waals surface area contributed by atoms with Gasteiger partial charge in [0.25, 0.3) is 0 Å². The van der Waals surface area contributed by atoms with Crippen molar-refractivity contribution >= 4 is 0 Å². The summed E-state index contributed by atoms with van der Waals surface area (Å²) in [6.07, 6.45) is 1.24. The van der Waals surface area contributed by atoms with Crippen molar-refractivity contribution in [3.8, 4) is 0 Å². The molecule has 106 valence electrons. The number of hydrogen-bond acceptors (Lipinski definition) is 4. The fourth-order valence-corrected chi connectivity index (χ4v) is 2.04. The van der Waals surface area contributed by atoms with Gasteiger partial charge in [0.05, 0.1) is 30.7 Å². The number of aromatic nitrogens is 1. The van der Waals surface area contributed by atoms with Crippen LogP contribution in [0.25, 0.3) is 0 Å². The molecule has 19 heavy (non-hydrogen) atoms. The number of nitrogens with zero attached hydrogens (tertiary/aromatic N) is 1. The molecule has 0 radical (unpaired) electrons. The molecule has 0 saturated carbocycles. The minimum Gasteiger partial charge on any atom is -0.379 e. The number of pyridine rings is 1. The summed E-state index contributed by atoms with van der Waals surface area (Å²) in [6, 6.07) is 6.11.